The summed E-state index contributed by atoms with van der Waals surface area (Å²) in [5, 5.41) is 19.0. The Hall–Kier alpha value is -2.92. The summed E-state index contributed by atoms with van der Waals surface area (Å²) < 4.78 is 1.53. The number of nitrogen functional groups attached to an aromatic ring is 1. The van der Waals surface area contributed by atoms with E-state index in [0.29, 0.717) is 19.0 Å². The number of rotatable bonds is 6. The van der Waals surface area contributed by atoms with Crippen molar-refractivity contribution in [2.45, 2.75) is 27.1 Å². The summed E-state index contributed by atoms with van der Waals surface area (Å²) in [5.41, 5.74) is 7.59. The lowest BCUT2D eigenvalue weighted by molar-refractivity contribution is 0.0950. The zero-order chi connectivity index (χ0) is 16.8. The van der Waals surface area contributed by atoms with Gasteiger partial charge in [-0.15, -0.1) is 0 Å². The lowest BCUT2D eigenvalue weighted by Crippen LogP contribution is -2.24. The molecule has 2 aromatic rings. The summed E-state index contributed by atoms with van der Waals surface area (Å²) in [6.45, 7) is 5.31. The standard InChI is InChI=1S/C15H19N7O/c1-3-18-9-22-8-12(13(6-16)21-22)15(23)19-7-11-4-5-14(17)20-10(11)2/h4-5,8,18H,3,7,9H2,1-2H3,(H2,17,20)(H,19,23). The van der Waals surface area contributed by atoms with Crippen LogP contribution in [0.2, 0.25) is 0 Å². The molecule has 0 spiro atoms. The normalized spacial score (nSPS) is 10.3. The predicted octanol–water partition coefficient (Wildman–Crippen LogP) is 0.537. The Morgan fingerprint density at radius 3 is 2.91 bits per heavy atom. The largest absolute Gasteiger partial charge is 0.384 e. The molecule has 0 aliphatic rings. The molecule has 1 amide bonds. The second-order valence-electron chi connectivity index (χ2n) is 4.97. The molecular weight excluding hydrogens is 294 g/mol. The van der Waals surface area contributed by atoms with E-state index in [1.807, 2.05) is 26.0 Å². The highest BCUT2D eigenvalue weighted by Gasteiger charge is 2.16. The molecule has 0 radical (unpaired) electrons. The van der Waals surface area contributed by atoms with Crippen LogP contribution in [0, 0.1) is 18.3 Å². The average molecular weight is 313 g/mol. The summed E-state index contributed by atoms with van der Waals surface area (Å²) in [7, 11) is 0. The Morgan fingerprint density at radius 2 is 2.26 bits per heavy atom. The van der Waals surface area contributed by atoms with Crippen molar-refractivity contribution in [1.29, 1.82) is 5.26 Å². The Morgan fingerprint density at radius 1 is 1.48 bits per heavy atom. The number of nitrogens with one attached hydrogen (secondary N) is 2. The van der Waals surface area contributed by atoms with Crippen LogP contribution >= 0.6 is 0 Å². The molecule has 8 nitrogen and oxygen atoms in total. The van der Waals surface area contributed by atoms with Crippen LogP contribution in [0.4, 0.5) is 5.82 Å². The molecule has 0 saturated carbocycles. The van der Waals surface area contributed by atoms with Gasteiger partial charge in [0.1, 0.15) is 11.9 Å². The minimum absolute atomic E-state index is 0.104. The van der Waals surface area contributed by atoms with Crippen LogP contribution < -0.4 is 16.4 Å². The molecule has 0 fully saturated rings. The number of pyridine rings is 1. The number of aromatic nitrogens is 3. The lowest BCUT2D eigenvalue weighted by atomic mass is 10.2. The molecule has 0 aliphatic carbocycles. The van der Waals surface area contributed by atoms with Gasteiger partial charge in [0.05, 0.1) is 12.2 Å². The molecule has 2 heterocycles. The van der Waals surface area contributed by atoms with Gasteiger partial charge in [0, 0.05) is 18.4 Å². The van der Waals surface area contributed by atoms with E-state index in [9.17, 15) is 4.79 Å². The van der Waals surface area contributed by atoms with Crippen molar-refractivity contribution < 1.29 is 4.79 Å². The Kier molecular flexibility index (Phi) is 5.28. The first-order valence-corrected chi connectivity index (χ1v) is 7.23. The van der Waals surface area contributed by atoms with Crippen LogP contribution in [0.5, 0.6) is 0 Å². The first-order valence-electron chi connectivity index (χ1n) is 7.23. The maximum Gasteiger partial charge on any atom is 0.256 e. The van der Waals surface area contributed by atoms with Crippen molar-refractivity contribution in [3.8, 4) is 6.07 Å². The van der Waals surface area contributed by atoms with Crippen molar-refractivity contribution in [2.24, 2.45) is 0 Å². The molecule has 0 saturated heterocycles. The fourth-order valence-corrected chi connectivity index (χ4v) is 2.04. The molecular formula is C15H19N7O. The fourth-order valence-electron chi connectivity index (χ4n) is 2.04. The fraction of sp³-hybridized carbons (Fsp3) is 0.333. The van der Waals surface area contributed by atoms with E-state index < -0.39 is 0 Å². The third-order valence-corrected chi connectivity index (χ3v) is 3.29. The van der Waals surface area contributed by atoms with Crippen LogP contribution in [-0.4, -0.2) is 27.2 Å². The number of carbonyl (C=O) groups excluding carboxylic acids is 1. The second-order valence-corrected chi connectivity index (χ2v) is 4.97. The summed E-state index contributed by atoms with van der Waals surface area (Å²) >= 11 is 0. The topological polar surface area (TPSA) is 122 Å². The number of anilines is 1. The Bertz CT molecular complexity index is 745. The Labute approximate surface area is 134 Å². The molecule has 8 heteroatoms. The molecule has 2 rings (SSSR count). The number of carbonyl (C=O) groups is 1. The van der Waals surface area contributed by atoms with Crippen LogP contribution in [0.25, 0.3) is 0 Å². The number of aryl methyl sites for hydroxylation is 1. The van der Waals surface area contributed by atoms with Crippen molar-refractivity contribution in [3.05, 3.63) is 40.8 Å². The van der Waals surface area contributed by atoms with E-state index in [-0.39, 0.29) is 17.2 Å². The quantitative estimate of drug-likeness (QED) is 0.715. The number of nitrogens with two attached hydrogens (primary N) is 1. The van der Waals surface area contributed by atoms with Gasteiger partial charge < -0.3 is 11.1 Å². The van der Waals surface area contributed by atoms with E-state index in [4.69, 9.17) is 11.0 Å². The smallest absolute Gasteiger partial charge is 0.256 e. The van der Waals surface area contributed by atoms with Crippen molar-refractivity contribution in [2.75, 3.05) is 12.3 Å². The molecule has 23 heavy (non-hydrogen) atoms. The molecule has 0 unspecified atom stereocenters. The third kappa shape index (κ3) is 4.05. The van der Waals surface area contributed by atoms with Crippen molar-refractivity contribution in [1.82, 2.24) is 25.4 Å². The molecule has 0 bridgehead atoms. The molecule has 0 aromatic carbocycles. The SMILES string of the molecule is CCNCn1cc(C(=O)NCc2ccc(N)nc2C)c(C#N)n1. The van der Waals surface area contributed by atoms with Gasteiger partial charge in [0.25, 0.3) is 5.91 Å². The van der Waals surface area contributed by atoms with Gasteiger partial charge in [0.2, 0.25) is 0 Å². The van der Waals surface area contributed by atoms with Crippen molar-refractivity contribution in [3.63, 3.8) is 0 Å². The summed E-state index contributed by atoms with van der Waals surface area (Å²) in [6, 6.07) is 5.44. The number of hydrogen-bond donors (Lipinski definition) is 3. The van der Waals surface area contributed by atoms with E-state index >= 15 is 0 Å². The van der Waals surface area contributed by atoms with Crippen LogP contribution in [0.1, 0.15) is 34.2 Å². The van der Waals surface area contributed by atoms with Gasteiger partial charge in [-0.1, -0.05) is 13.0 Å². The van der Waals surface area contributed by atoms with Gasteiger partial charge in [0.15, 0.2) is 5.69 Å². The molecule has 120 valence electrons. The van der Waals surface area contributed by atoms with Crippen LogP contribution in [0.15, 0.2) is 18.3 Å². The van der Waals surface area contributed by atoms with Gasteiger partial charge >= 0.3 is 0 Å². The molecule has 0 aliphatic heterocycles. The number of nitrogens with zero attached hydrogens (tertiary/aromatic N) is 4. The number of nitriles is 1. The van der Waals surface area contributed by atoms with Gasteiger partial charge in [-0.25, -0.2) is 4.98 Å². The van der Waals surface area contributed by atoms with Gasteiger partial charge in [-0.05, 0) is 25.1 Å². The van der Waals surface area contributed by atoms with Gasteiger partial charge in [-0.3, -0.25) is 14.8 Å². The number of hydrogen-bond acceptors (Lipinski definition) is 6. The highest BCUT2D eigenvalue weighted by atomic mass is 16.1. The predicted molar refractivity (Wildman–Crippen MR) is 85.2 cm³/mol. The minimum Gasteiger partial charge on any atom is -0.384 e. The molecule has 2 aromatic heterocycles. The monoisotopic (exact) mass is 313 g/mol. The summed E-state index contributed by atoms with van der Waals surface area (Å²) in [6.07, 6.45) is 1.56. The highest BCUT2D eigenvalue weighted by Crippen LogP contribution is 2.09. The van der Waals surface area contributed by atoms with E-state index in [2.05, 4.69) is 20.7 Å². The lowest BCUT2D eigenvalue weighted by Gasteiger charge is -2.07. The summed E-state index contributed by atoms with van der Waals surface area (Å²) in [5.74, 6) is 0.0922. The highest BCUT2D eigenvalue weighted by molar-refractivity contribution is 5.95. The van der Waals surface area contributed by atoms with Crippen LogP contribution in [0.3, 0.4) is 0 Å². The first kappa shape index (κ1) is 16.5. The minimum atomic E-state index is -0.347. The van der Waals surface area contributed by atoms with E-state index in [0.717, 1.165) is 17.8 Å². The van der Waals surface area contributed by atoms with Crippen LogP contribution in [-0.2, 0) is 13.2 Å². The van der Waals surface area contributed by atoms with Crippen molar-refractivity contribution >= 4 is 11.7 Å². The Balaban J connectivity index is 2.08. The molecule has 0 atom stereocenters. The van der Waals surface area contributed by atoms with E-state index in [1.54, 1.807) is 12.3 Å². The zero-order valence-electron chi connectivity index (χ0n) is 13.1. The molecule has 4 N–H and O–H groups in total. The average Bonchev–Trinajstić information content (AvgIpc) is 2.95. The number of amides is 1. The zero-order valence-corrected chi connectivity index (χ0v) is 13.1. The second kappa shape index (κ2) is 7.38. The maximum atomic E-state index is 12.3. The first-order chi connectivity index (χ1) is 11.0. The van der Waals surface area contributed by atoms with E-state index in [1.165, 1.54) is 4.68 Å². The van der Waals surface area contributed by atoms with Gasteiger partial charge in [-0.2, -0.15) is 10.4 Å². The summed E-state index contributed by atoms with van der Waals surface area (Å²) in [4.78, 5) is 16.4. The maximum absolute atomic E-state index is 12.3. The third-order valence-electron chi connectivity index (χ3n) is 3.29.